The molecule has 0 amide bonds. The van der Waals surface area contributed by atoms with E-state index in [1.165, 1.54) is 5.56 Å². The van der Waals surface area contributed by atoms with Gasteiger partial charge in [-0.3, -0.25) is 0 Å². The van der Waals surface area contributed by atoms with Gasteiger partial charge in [0.1, 0.15) is 5.75 Å². The van der Waals surface area contributed by atoms with Crippen LogP contribution in [0.15, 0.2) is 54.3 Å². The molecule has 6 heteroatoms. The van der Waals surface area contributed by atoms with Gasteiger partial charge < -0.3 is 18.8 Å². The Hall–Kier alpha value is -2.02. The number of hydrogen-bond acceptors (Lipinski definition) is 4. The molecule has 0 unspecified atom stereocenters. The minimum absolute atomic E-state index is 0.329. The van der Waals surface area contributed by atoms with Gasteiger partial charge in [0.2, 0.25) is 8.32 Å². The highest BCUT2D eigenvalue weighted by Crippen LogP contribution is 2.37. The molecular weight excluding hydrogens is 403 g/mol. The largest absolute Gasteiger partial charge is 0.544 e. The lowest BCUT2D eigenvalue weighted by molar-refractivity contribution is 0.00578. The van der Waals surface area contributed by atoms with Gasteiger partial charge in [0.05, 0.1) is 17.0 Å². The first-order chi connectivity index (χ1) is 14.4. The van der Waals surface area contributed by atoms with Crippen molar-refractivity contribution in [2.24, 2.45) is 0 Å². The molecule has 0 aromatic heterocycles. The van der Waals surface area contributed by atoms with Gasteiger partial charge in [0.15, 0.2) is 0 Å². The molecule has 31 heavy (non-hydrogen) atoms. The van der Waals surface area contributed by atoms with Crippen molar-refractivity contribution in [3.05, 3.63) is 65.4 Å². The minimum atomic E-state index is -1.82. The minimum Gasteiger partial charge on any atom is -0.544 e. The second-order valence-electron chi connectivity index (χ2n) is 10.2. The van der Waals surface area contributed by atoms with Crippen molar-refractivity contribution in [1.29, 1.82) is 0 Å². The van der Waals surface area contributed by atoms with Crippen LogP contribution in [-0.4, -0.2) is 31.7 Å². The predicted octanol–water partition coefficient (Wildman–Crippen LogP) is 5.73. The van der Waals surface area contributed by atoms with Crippen LogP contribution in [0.1, 0.15) is 45.2 Å². The summed E-state index contributed by atoms with van der Waals surface area (Å²) in [5.41, 5.74) is 2.16. The second-order valence-corrected chi connectivity index (χ2v) is 14.7. The molecule has 0 radical (unpaired) electrons. The summed E-state index contributed by atoms with van der Waals surface area (Å²) in [5.74, 6) is 1.11. The number of rotatable bonds is 7. The van der Waals surface area contributed by atoms with Crippen LogP contribution in [0.2, 0.25) is 19.6 Å². The zero-order valence-electron chi connectivity index (χ0n) is 19.9. The molecule has 1 fully saturated rings. The number of aliphatic hydroxyl groups is 1. The Kier molecular flexibility index (Phi) is 6.75. The molecule has 166 valence electrons. The fourth-order valence-corrected chi connectivity index (χ4v) is 4.24. The van der Waals surface area contributed by atoms with E-state index in [1.54, 1.807) is 0 Å². The zero-order valence-corrected chi connectivity index (χ0v) is 20.9. The van der Waals surface area contributed by atoms with Gasteiger partial charge >= 0.3 is 7.12 Å². The van der Waals surface area contributed by atoms with Crippen molar-refractivity contribution >= 4 is 27.0 Å². The van der Waals surface area contributed by atoms with Crippen molar-refractivity contribution in [3.63, 3.8) is 0 Å². The van der Waals surface area contributed by atoms with E-state index in [0.29, 0.717) is 12.2 Å². The van der Waals surface area contributed by atoms with Crippen LogP contribution < -0.4 is 9.89 Å². The van der Waals surface area contributed by atoms with Gasteiger partial charge in [-0.2, -0.15) is 0 Å². The third kappa shape index (κ3) is 6.03. The Morgan fingerprint density at radius 2 is 1.61 bits per heavy atom. The molecular formula is C25H35BO4Si. The molecule has 2 aromatic rings. The van der Waals surface area contributed by atoms with Gasteiger partial charge in [-0.25, -0.2) is 0 Å². The first kappa shape index (κ1) is 23.6. The van der Waals surface area contributed by atoms with Crippen LogP contribution in [0, 0.1) is 0 Å². The van der Waals surface area contributed by atoms with Crippen LogP contribution in [-0.2, 0) is 15.7 Å². The number of benzene rings is 2. The lowest BCUT2D eigenvalue weighted by atomic mass is 9.78. The van der Waals surface area contributed by atoms with Crippen molar-refractivity contribution in [3.8, 4) is 5.75 Å². The van der Waals surface area contributed by atoms with Crippen LogP contribution in [0.4, 0.5) is 0 Å². The van der Waals surface area contributed by atoms with Crippen LogP contribution >= 0.6 is 0 Å². The van der Waals surface area contributed by atoms with E-state index in [-0.39, 0.29) is 0 Å². The predicted molar refractivity (Wildman–Crippen MR) is 132 cm³/mol. The summed E-state index contributed by atoms with van der Waals surface area (Å²) in [6.07, 6.45) is 3.16. The standard InChI is InChI=1S/C25H35BO4Si/c1-24(2)25(3,4)30-26(29-24)21-14-16-23(28-31(5,6)7)20(17-21)18-22(27)15-13-19-11-9-8-10-12-19/h8-12,14,16-18,27H,13,15H2,1-7H3/b22-18-. The normalized spacial score (nSPS) is 18.3. The fourth-order valence-electron chi connectivity index (χ4n) is 3.40. The molecule has 0 spiro atoms. The van der Waals surface area contributed by atoms with Gasteiger partial charge in [-0.1, -0.05) is 42.5 Å². The Bertz CT molecular complexity index is 916. The molecule has 0 bridgehead atoms. The first-order valence-corrected chi connectivity index (χ1v) is 14.4. The molecule has 0 atom stereocenters. The smallest absolute Gasteiger partial charge is 0.494 e. The number of aliphatic hydroxyl groups excluding tert-OH is 1. The quantitative estimate of drug-likeness (QED) is 0.443. The Morgan fingerprint density at radius 1 is 1.00 bits per heavy atom. The molecule has 1 heterocycles. The average Bonchev–Trinajstić information content (AvgIpc) is 2.88. The first-order valence-electron chi connectivity index (χ1n) is 11.0. The van der Waals surface area contributed by atoms with Crippen molar-refractivity contribution in [2.45, 2.75) is 71.4 Å². The molecule has 3 rings (SSSR count). The van der Waals surface area contributed by atoms with Crippen molar-refractivity contribution in [1.82, 2.24) is 0 Å². The molecule has 4 nitrogen and oxygen atoms in total. The Labute approximate surface area is 188 Å². The highest BCUT2D eigenvalue weighted by Gasteiger charge is 2.51. The summed E-state index contributed by atoms with van der Waals surface area (Å²) in [5, 5.41) is 10.7. The summed E-state index contributed by atoms with van der Waals surface area (Å²) < 4.78 is 18.7. The van der Waals surface area contributed by atoms with Crippen molar-refractivity contribution < 1.29 is 18.8 Å². The monoisotopic (exact) mass is 438 g/mol. The molecule has 1 saturated heterocycles. The average molecular weight is 438 g/mol. The lowest BCUT2D eigenvalue weighted by Gasteiger charge is -2.32. The number of aryl methyl sites for hydroxylation is 1. The van der Waals surface area contributed by atoms with Gasteiger partial charge in [-0.05, 0) is 76.9 Å². The van der Waals surface area contributed by atoms with E-state index in [2.05, 4.69) is 31.8 Å². The van der Waals surface area contributed by atoms with Crippen LogP contribution in [0.3, 0.4) is 0 Å². The third-order valence-electron chi connectivity index (χ3n) is 5.81. The molecule has 1 aliphatic heterocycles. The van der Waals surface area contributed by atoms with E-state index in [9.17, 15) is 5.11 Å². The fraction of sp³-hybridized carbons (Fsp3) is 0.440. The summed E-state index contributed by atoms with van der Waals surface area (Å²) >= 11 is 0. The van der Waals surface area contributed by atoms with Crippen LogP contribution in [0.5, 0.6) is 5.75 Å². The third-order valence-corrected chi connectivity index (χ3v) is 6.64. The summed E-state index contributed by atoms with van der Waals surface area (Å²) in [6, 6.07) is 16.2. The highest BCUT2D eigenvalue weighted by molar-refractivity contribution is 6.70. The van der Waals surface area contributed by atoms with Gasteiger partial charge in [0.25, 0.3) is 0 Å². The topological polar surface area (TPSA) is 47.9 Å². The van der Waals surface area contributed by atoms with E-state index < -0.39 is 26.6 Å². The second kappa shape index (κ2) is 8.85. The van der Waals surface area contributed by atoms with E-state index in [1.807, 2.05) is 70.2 Å². The maximum absolute atomic E-state index is 10.7. The summed E-state index contributed by atoms with van der Waals surface area (Å²) in [4.78, 5) is 0. The van der Waals surface area contributed by atoms with E-state index in [0.717, 1.165) is 23.2 Å². The van der Waals surface area contributed by atoms with Crippen molar-refractivity contribution in [2.75, 3.05) is 0 Å². The molecule has 0 aliphatic carbocycles. The zero-order chi connectivity index (χ0) is 22.9. The molecule has 0 saturated carbocycles. The van der Waals surface area contributed by atoms with E-state index >= 15 is 0 Å². The maximum atomic E-state index is 10.7. The molecule has 2 aromatic carbocycles. The lowest BCUT2D eigenvalue weighted by Crippen LogP contribution is -2.41. The summed E-state index contributed by atoms with van der Waals surface area (Å²) in [7, 11) is -2.27. The SMILES string of the molecule is CC1(C)OB(c2ccc(O[Si](C)(C)C)c(/C=C(\O)CCc3ccccc3)c2)OC1(C)C. The summed E-state index contributed by atoms with van der Waals surface area (Å²) in [6.45, 7) is 14.6. The van der Waals surface area contributed by atoms with Crippen LogP contribution in [0.25, 0.3) is 6.08 Å². The van der Waals surface area contributed by atoms with E-state index in [4.69, 9.17) is 13.7 Å². The Balaban J connectivity index is 1.87. The molecule has 1 N–H and O–H groups in total. The maximum Gasteiger partial charge on any atom is 0.494 e. The van der Waals surface area contributed by atoms with Gasteiger partial charge in [0, 0.05) is 12.0 Å². The Morgan fingerprint density at radius 3 is 2.19 bits per heavy atom. The molecule has 1 aliphatic rings. The number of allylic oxidation sites excluding steroid dienone is 1. The highest BCUT2D eigenvalue weighted by atomic mass is 28.4. The number of hydrogen-bond donors (Lipinski definition) is 1. The van der Waals surface area contributed by atoms with Gasteiger partial charge in [-0.15, -0.1) is 0 Å².